The molecule has 10 heavy (non-hydrogen) atoms. The zero-order valence-electron chi connectivity index (χ0n) is 5.53. The number of hydrazine groups is 1. The largest absolute Gasteiger partial charge is 0.463 e. The minimum atomic E-state index is -1.01. The average molecular weight is 162 g/mol. The first kappa shape index (κ1) is 7.68. The van der Waals surface area contributed by atoms with Gasteiger partial charge in [-0.05, 0) is 25.7 Å². The smallest absolute Gasteiger partial charge is 0.432 e. The van der Waals surface area contributed by atoms with Crippen molar-refractivity contribution in [1.82, 2.24) is 9.42 Å². The highest BCUT2D eigenvalue weighted by Crippen LogP contribution is 2.12. The molecule has 1 saturated heterocycles. The summed E-state index contributed by atoms with van der Waals surface area (Å²) in [6.45, 7) is 1.60. The molecule has 5 heteroatoms. The van der Waals surface area contributed by atoms with Crippen LogP contribution in [0.3, 0.4) is 0 Å². The van der Waals surface area contributed by atoms with E-state index in [1.165, 1.54) is 0 Å². The number of rotatable bonds is 1. The molecule has 0 aromatic heterocycles. The molecular formula is C5H10N2O2S. The molecule has 0 unspecified atom stereocenters. The van der Waals surface area contributed by atoms with Crippen LogP contribution in [0.15, 0.2) is 0 Å². The zero-order chi connectivity index (χ0) is 7.56. The minimum absolute atomic E-state index is 0.801. The van der Waals surface area contributed by atoms with Gasteiger partial charge in [0, 0.05) is 13.1 Å². The summed E-state index contributed by atoms with van der Waals surface area (Å²) in [4.78, 5) is 10.3. The van der Waals surface area contributed by atoms with Gasteiger partial charge in [0.1, 0.15) is 0 Å². The number of hydrogen-bond acceptors (Lipinski definition) is 3. The van der Waals surface area contributed by atoms with E-state index in [0.29, 0.717) is 0 Å². The summed E-state index contributed by atoms with van der Waals surface area (Å²) in [7, 11) is 0. The van der Waals surface area contributed by atoms with Gasteiger partial charge in [-0.15, -0.1) is 0 Å². The summed E-state index contributed by atoms with van der Waals surface area (Å²) in [5, 5.41) is 10.2. The van der Waals surface area contributed by atoms with Gasteiger partial charge in [-0.1, -0.05) is 0 Å². The summed E-state index contributed by atoms with van der Waals surface area (Å²) >= 11 is 3.78. The van der Waals surface area contributed by atoms with Crippen molar-refractivity contribution in [1.29, 1.82) is 0 Å². The van der Waals surface area contributed by atoms with Gasteiger partial charge < -0.3 is 5.11 Å². The molecule has 1 N–H and O–H groups in total. The molecule has 1 rings (SSSR count). The third-order valence-corrected chi connectivity index (χ3v) is 1.95. The first-order valence-corrected chi connectivity index (χ1v) is 3.58. The van der Waals surface area contributed by atoms with E-state index >= 15 is 0 Å². The van der Waals surface area contributed by atoms with Crippen LogP contribution in [0.25, 0.3) is 0 Å². The second-order valence-corrected chi connectivity index (χ2v) is 2.61. The molecule has 1 amide bonds. The van der Waals surface area contributed by atoms with Gasteiger partial charge in [0.2, 0.25) is 0 Å². The van der Waals surface area contributed by atoms with Crippen LogP contribution in [-0.4, -0.2) is 33.7 Å². The second kappa shape index (κ2) is 3.12. The van der Waals surface area contributed by atoms with Crippen LogP contribution in [0, 0.1) is 0 Å². The highest BCUT2D eigenvalue weighted by Gasteiger charge is 2.20. The van der Waals surface area contributed by atoms with E-state index in [0.717, 1.165) is 30.3 Å². The van der Waals surface area contributed by atoms with Crippen LogP contribution in [-0.2, 0) is 0 Å². The summed E-state index contributed by atoms with van der Waals surface area (Å²) in [6, 6.07) is 0. The van der Waals surface area contributed by atoms with E-state index in [1.54, 1.807) is 5.01 Å². The SMILES string of the molecule is O=C(O)N(S)N1CCCC1. The molecule has 0 spiro atoms. The van der Waals surface area contributed by atoms with E-state index in [-0.39, 0.29) is 0 Å². The third kappa shape index (κ3) is 1.54. The van der Waals surface area contributed by atoms with Gasteiger partial charge in [0.15, 0.2) is 0 Å². The van der Waals surface area contributed by atoms with Crippen molar-refractivity contribution in [3.63, 3.8) is 0 Å². The van der Waals surface area contributed by atoms with Gasteiger partial charge in [0.05, 0.1) is 0 Å². The zero-order valence-corrected chi connectivity index (χ0v) is 6.42. The van der Waals surface area contributed by atoms with Crippen LogP contribution in [0.5, 0.6) is 0 Å². The lowest BCUT2D eigenvalue weighted by atomic mass is 10.4. The fourth-order valence-electron chi connectivity index (χ4n) is 1.01. The van der Waals surface area contributed by atoms with Crippen molar-refractivity contribution in [2.45, 2.75) is 12.8 Å². The van der Waals surface area contributed by atoms with E-state index in [4.69, 9.17) is 5.11 Å². The highest BCUT2D eigenvalue weighted by molar-refractivity contribution is 7.78. The van der Waals surface area contributed by atoms with E-state index in [1.807, 2.05) is 0 Å². The molecule has 1 aliphatic rings. The molecule has 0 radical (unpaired) electrons. The van der Waals surface area contributed by atoms with Gasteiger partial charge in [-0.3, -0.25) is 0 Å². The van der Waals surface area contributed by atoms with Crippen molar-refractivity contribution in [2.24, 2.45) is 0 Å². The molecule has 0 aliphatic carbocycles. The Balaban J connectivity index is 2.39. The van der Waals surface area contributed by atoms with Crippen molar-refractivity contribution in [3.05, 3.63) is 0 Å². The lowest BCUT2D eigenvalue weighted by Crippen LogP contribution is -2.37. The van der Waals surface area contributed by atoms with Crippen LogP contribution < -0.4 is 0 Å². The Morgan fingerprint density at radius 1 is 1.50 bits per heavy atom. The first-order valence-electron chi connectivity index (χ1n) is 3.18. The standard InChI is InChI=1S/C5H10N2O2S/c8-5(9)7(10)6-3-1-2-4-6/h10H,1-4H2,(H,8,9). The quantitative estimate of drug-likeness (QED) is 0.561. The number of carboxylic acid groups (broad SMARTS) is 1. The molecule has 0 saturated carbocycles. The van der Waals surface area contributed by atoms with Crippen LogP contribution in [0.2, 0.25) is 0 Å². The maximum absolute atomic E-state index is 10.3. The van der Waals surface area contributed by atoms with Gasteiger partial charge in [-0.25, -0.2) is 9.80 Å². The molecule has 0 aromatic carbocycles. The Labute approximate surface area is 64.9 Å². The summed E-state index contributed by atoms with van der Waals surface area (Å²) < 4.78 is 0.951. The topological polar surface area (TPSA) is 43.8 Å². The average Bonchev–Trinajstić information content (AvgIpc) is 2.36. The van der Waals surface area contributed by atoms with E-state index in [9.17, 15) is 4.79 Å². The van der Waals surface area contributed by atoms with Crippen molar-refractivity contribution >= 4 is 18.9 Å². The molecule has 1 heterocycles. The van der Waals surface area contributed by atoms with Crippen LogP contribution in [0.1, 0.15) is 12.8 Å². The van der Waals surface area contributed by atoms with Crippen molar-refractivity contribution < 1.29 is 9.90 Å². The number of nitrogens with zero attached hydrogens (tertiary/aromatic N) is 2. The summed E-state index contributed by atoms with van der Waals surface area (Å²) in [5.74, 6) is 0. The molecule has 4 nitrogen and oxygen atoms in total. The van der Waals surface area contributed by atoms with Gasteiger partial charge in [-0.2, -0.15) is 4.41 Å². The lowest BCUT2D eigenvalue weighted by molar-refractivity contribution is 0.0872. The maximum Gasteiger partial charge on any atom is 0.432 e. The third-order valence-electron chi connectivity index (χ3n) is 1.52. The number of hydrogen-bond donors (Lipinski definition) is 2. The Bertz CT molecular complexity index is 136. The highest BCUT2D eigenvalue weighted by atomic mass is 32.1. The molecule has 0 bridgehead atoms. The number of carbonyl (C=O) groups is 1. The normalized spacial score (nSPS) is 19.3. The fourth-order valence-corrected chi connectivity index (χ4v) is 1.19. The predicted octanol–water partition coefficient (Wildman–Crippen LogP) is 0.822. The predicted molar refractivity (Wildman–Crippen MR) is 39.7 cm³/mol. The number of thiol groups is 1. The Kier molecular flexibility index (Phi) is 2.39. The van der Waals surface area contributed by atoms with Gasteiger partial charge >= 0.3 is 6.09 Å². The fraction of sp³-hybridized carbons (Fsp3) is 0.800. The maximum atomic E-state index is 10.3. The second-order valence-electron chi connectivity index (χ2n) is 2.23. The molecule has 0 atom stereocenters. The summed E-state index contributed by atoms with van der Waals surface area (Å²) in [6.07, 6.45) is 1.11. The first-order chi connectivity index (χ1) is 4.72. The molecular weight excluding hydrogens is 152 g/mol. The van der Waals surface area contributed by atoms with E-state index in [2.05, 4.69) is 12.8 Å². The molecule has 58 valence electrons. The van der Waals surface area contributed by atoms with E-state index < -0.39 is 6.09 Å². The number of amides is 1. The molecule has 1 fully saturated rings. The Morgan fingerprint density at radius 3 is 2.40 bits per heavy atom. The van der Waals surface area contributed by atoms with Crippen molar-refractivity contribution in [3.8, 4) is 0 Å². The van der Waals surface area contributed by atoms with Crippen molar-refractivity contribution in [2.75, 3.05) is 13.1 Å². The Hall–Kier alpha value is -0.420. The Morgan fingerprint density at radius 2 is 2.00 bits per heavy atom. The minimum Gasteiger partial charge on any atom is -0.463 e. The lowest BCUT2D eigenvalue weighted by Gasteiger charge is -2.22. The molecule has 0 aromatic rings. The molecule has 1 aliphatic heterocycles. The van der Waals surface area contributed by atoms with Crippen LogP contribution in [0.4, 0.5) is 4.79 Å². The van der Waals surface area contributed by atoms with Crippen LogP contribution >= 0.6 is 12.8 Å². The summed E-state index contributed by atoms with van der Waals surface area (Å²) in [5.41, 5.74) is 0. The van der Waals surface area contributed by atoms with Gasteiger partial charge in [0.25, 0.3) is 0 Å². The monoisotopic (exact) mass is 162 g/mol.